The number of fused-ring (bicyclic) bond motifs is 1. The van der Waals surface area contributed by atoms with Crippen molar-refractivity contribution in [3.05, 3.63) is 107 Å². The highest BCUT2D eigenvalue weighted by atomic mass is 16.1. The van der Waals surface area contributed by atoms with Gasteiger partial charge in [-0.2, -0.15) is 10.4 Å². The summed E-state index contributed by atoms with van der Waals surface area (Å²) in [6, 6.07) is 22.1. The average Bonchev–Trinajstić information content (AvgIpc) is 3.32. The van der Waals surface area contributed by atoms with E-state index in [1.54, 1.807) is 41.2 Å². The molecule has 4 rings (SSSR count). The lowest BCUT2D eigenvalue weighted by Crippen LogP contribution is -2.31. The molecule has 0 bridgehead atoms. The van der Waals surface area contributed by atoms with Crippen molar-refractivity contribution >= 4 is 17.2 Å². The van der Waals surface area contributed by atoms with E-state index in [1.807, 2.05) is 49.4 Å². The number of hydrogen-bond acceptors (Lipinski definition) is 5. The maximum atomic E-state index is 13.7. The van der Waals surface area contributed by atoms with Crippen LogP contribution in [0.25, 0.3) is 5.52 Å². The monoisotopic (exact) mass is 465 g/mol. The summed E-state index contributed by atoms with van der Waals surface area (Å²) in [4.78, 5) is 25.9. The van der Waals surface area contributed by atoms with Crippen molar-refractivity contribution in [1.82, 2.24) is 20.2 Å². The van der Waals surface area contributed by atoms with Crippen LogP contribution in [0.4, 0.5) is 0 Å². The molecule has 7 heteroatoms. The standard InChI is InChI=1S/C28H27N5O2/c1-3-30-28(35)23-13-14-25-24(17-32-33(25)18-23)27(34)26(22-7-5-4-6-8-22)31-16-19(2)21-11-9-20(15-29)10-12-21/h4-14,17-19,26,31H,3,16H2,1-2H3,(H,30,35)/t19-,26?/m0/s1. The van der Waals surface area contributed by atoms with Gasteiger partial charge in [-0.1, -0.05) is 49.4 Å². The number of nitriles is 1. The molecule has 35 heavy (non-hydrogen) atoms. The van der Waals surface area contributed by atoms with Gasteiger partial charge in [-0.15, -0.1) is 0 Å². The van der Waals surface area contributed by atoms with E-state index in [2.05, 4.69) is 28.7 Å². The molecule has 2 N–H and O–H groups in total. The Labute approximate surface area is 204 Å². The van der Waals surface area contributed by atoms with Gasteiger partial charge < -0.3 is 10.6 Å². The molecule has 0 aliphatic heterocycles. The molecule has 0 aliphatic carbocycles. The van der Waals surface area contributed by atoms with Gasteiger partial charge in [0.05, 0.1) is 40.5 Å². The highest BCUT2D eigenvalue weighted by Gasteiger charge is 2.25. The first-order valence-electron chi connectivity index (χ1n) is 11.6. The van der Waals surface area contributed by atoms with Gasteiger partial charge in [0.1, 0.15) is 0 Å². The molecule has 176 valence electrons. The maximum absolute atomic E-state index is 13.7. The minimum absolute atomic E-state index is 0.0935. The first kappa shape index (κ1) is 23.9. The van der Waals surface area contributed by atoms with Crippen molar-refractivity contribution in [2.75, 3.05) is 13.1 Å². The Balaban J connectivity index is 1.59. The third-order valence-corrected chi connectivity index (χ3v) is 6.01. The molecule has 0 aliphatic rings. The summed E-state index contributed by atoms with van der Waals surface area (Å²) in [7, 11) is 0. The fourth-order valence-corrected chi connectivity index (χ4v) is 4.03. The van der Waals surface area contributed by atoms with Crippen molar-refractivity contribution in [3.8, 4) is 6.07 Å². The van der Waals surface area contributed by atoms with E-state index in [9.17, 15) is 9.59 Å². The van der Waals surface area contributed by atoms with Gasteiger partial charge in [-0.25, -0.2) is 4.52 Å². The number of rotatable bonds is 9. The summed E-state index contributed by atoms with van der Waals surface area (Å²) in [6.45, 7) is 5.04. The van der Waals surface area contributed by atoms with E-state index in [0.717, 1.165) is 11.1 Å². The number of benzene rings is 2. The van der Waals surface area contributed by atoms with Crippen molar-refractivity contribution in [1.29, 1.82) is 5.26 Å². The highest BCUT2D eigenvalue weighted by molar-refractivity contribution is 6.06. The molecule has 2 aromatic carbocycles. The zero-order valence-corrected chi connectivity index (χ0v) is 19.7. The number of ketones is 1. The lowest BCUT2D eigenvalue weighted by molar-refractivity contribution is 0.0940. The van der Waals surface area contributed by atoms with Gasteiger partial charge in [-0.3, -0.25) is 9.59 Å². The molecule has 0 fully saturated rings. The Bertz CT molecular complexity index is 1370. The SMILES string of the molecule is CCNC(=O)c1ccc2c(C(=O)C(NC[C@H](C)c3ccc(C#N)cc3)c3ccccc3)cnn2c1. The summed E-state index contributed by atoms with van der Waals surface area (Å²) >= 11 is 0. The smallest absolute Gasteiger partial charge is 0.252 e. The van der Waals surface area contributed by atoms with Crippen molar-refractivity contribution in [3.63, 3.8) is 0 Å². The van der Waals surface area contributed by atoms with Gasteiger partial charge >= 0.3 is 0 Å². The molecule has 0 saturated carbocycles. The number of carbonyl (C=O) groups excluding carboxylic acids is 2. The zero-order chi connectivity index (χ0) is 24.8. The van der Waals surface area contributed by atoms with Gasteiger partial charge in [-0.05, 0) is 48.2 Å². The number of amides is 1. The van der Waals surface area contributed by atoms with Crippen molar-refractivity contribution in [2.45, 2.75) is 25.8 Å². The van der Waals surface area contributed by atoms with E-state index < -0.39 is 6.04 Å². The van der Waals surface area contributed by atoms with E-state index in [1.165, 1.54) is 0 Å². The van der Waals surface area contributed by atoms with Crippen LogP contribution in [0.2, 0.25) is 0 Å². The molecule has 2 atom stereocenters. The molecule has 4 aromatic rings. The number of pyridine rings is 1. The van der Waals surface area contributed by atoms with Crippen LogP contribution in [0.3, 0.4) is 0 Å². The van der Waals surface area contributed by atoms with E-state index >= 15 is 0 Å². The van der Waals surface area contributed by atoms with Crippen molar-refractivity contribution < 1.29 is 9.59 Å². The molecule has 0 spiro atoms. The first-order valence-corrected chi connectivity index (χ1v) is 11.6. The lowest BCUT2D eigenvalue weighted by atomic mass is 9.95. The third kappa shape index (κ3) is 5.29. The fourth-order valence-electron chi connectivity index (χ4n) is 4.03. The molecule has 0 radical (unpaired) electrons. The Kier molecular flexibility index (Phi) is 7.34. The molecule has 0 saturated heterocycles. The van der Waals surface area contributed by atoms with Crippen LogP contribution in [0.15, 0.2) is 79.1 Å². The Morgan fingerprint density at radius 1 is 1.03 bits per heavy atom. The van der Waals surface area contributed by atoms with Crippen LogP contribution in [0, 0.1) is 11.3 Å². The predicted octanol–water partition coefficient (Wildman–Crippen LogP) is 4.27. The number of carbonyl (C=O) groups is 2. The largest absolute Gasteiger partial charge is 0.352 e. The number of aromatic nitrogens is 2. The quantitative estimate of drug-likeness (QED) is 0.360. The number of hydrogen-bond donors (Lipinski definition) is 2. The fraction of sp³-hybridized carbons (Fsp3) is 0.214. The second kappa shape index (κ2) is 10.8. The Morgan fingerprint density at radius 2 is 1.77 bits per heavy atom. The summed E-state index contributed by atoms with van der Waals surface area (Å²) in [5.41, 5.74) is 4.18. The first-order chi connectivity index (χ1) is 17.0. The van der Waals surface area contributed by atoms with Crippen molar-refractivity contribution in [2.24, 2.45) is 0 Å². The van der Waals surface area contributed by atoms with E-state index in [-0.39, 0.29) is 17.6 Å². The second-order valence-corrected chi connectivity index (χ2v) is 8.42. The topological polar surface area (TPSA) is 99.3 Å². The summed E-state index contributed by atoms with van der Waals surface area (Å²) < 4.78 is 1.57. The van der Waals surface area contributed by atoms with Gasteiger partial charge in [0.25, 0.3) is 5.91 Å². The molecule has 1 amide bonds. The summed E-state index contributed by atoms with van der Waals surface area (Å²) in [5, 5.41) is 19.6. The number of nitrogens with one attached hydrogen (secondary N) is 2. The Morgan fingerprint density at radius 3 is 2.46 bits per heavy atom. The molecule has 2 heterocycles. The molecule has 1 unspecified atom stereocenters. The second-order valence-electron chi connectivity index (χ2n) is 8.42. The molecule has 7 nitrogen and oxygen atoms in total. The zero-order valence-electron chi connectivity index (χ0n) is 19.7. The highest BCUT2D eigenvalue weighted by Crippen LogP contribution is 2.24. The average molecular weight is 466 g/mol. The minimum atomic E-state index is -0.562. The van der Waals surface area contributed by atoms with Crippen LogP contribution in [-0.2, 0) is 0 Å². The van der Waals surface area contributed by atoms with Crippen LogP contribution in [-0.4, -0.2) is 34.4 Å². The van der Waals surface area contributed by atoms with Gasteiger partial charge in [0, 0.05) is 19.3 Å². The van der Waals surface area contributed by atoms with Gasteiger partial charge in [0.15, 0.2) is 5.78 Å². The normalized spacial score (nSPS) is 12.6. The van der Waals surface area contributed by atoms with Crippen LogP contribution >= 0.6 is 0 Å². The van der Waals surface area contributed by atoms with Crippen LogP contribution < -0.4 is 10.6 Å². The minimum Gasteiger partial charge on any atom is -0.352 e. The number of nitrogens with zero attached hydrogens (tertiary/aromatic N) is 3. The molecular weight excluding hydrogens is 438 g/mol. The molecular formula is C28H27N5O2. The van der Waals surface area contributed by atoms with Crippen LogP contribution in [0.1, 0.15) is 63.2 Å². The van der Waals surface area contributed by atoms with Crippen LogP contribution in [0.5, 0.6) is 0 Å². The predicted molar refractivity (Wildman–Crippen MR) is 134 cm³/mol. The molecule has 2 aromatic heterocycles. The Hall–Kier alpha value is -4.28. The van der Waals surface area contributed by atoms with Gasteiger partial charge in [0.2, 0.25) is 0 Å². The maximum Gasteiger partial charge on any atom is 0.252 e. The van der Waals surface area contributed by atoms with E-state index in [4.69, 9.17) is 5.26 Å². The van der Waals surface area contributed by atoms with E-state index in [0.29, 0.717) is 35.3 Å². The third-order valence-electron chi connectivity index (χ3n) is 6.01. The lowest BCUT2D eigenvalue weighted by Gasteiger charge is -2.21. The summed E-state index contributed by atoms with van der Waals surface area (Å²) in [6.07, 6.45) is 3.19. The number of Topliss-reactive ketones (excluding diaryl/α,β-unsaturated/α-hetero) is 1. The summed E-state index contributed by atoms with van der Waals surface area (Å²) in [5.74, 6) is -0.146.